The van der Waals surface area contributed by atoms with Crippen LogP contribution in [0.4, 0.5) is 27.8 Å². The van der Waals surface area contributed by atoms with E-state index in [1.807, 2.05) is 4.90 Å². The third-order valence-corrected chi connectivity index (χ3v) is 5.37. The Morgan fingerprint density at radius 2 is 1.91 bits per heavy atom. The molecule has 3 N–H and O–H groups in total. The summed E-state index contributed by atoms with van der Waals surface area (Å²) >= 11 is 0. The number of likely N-dealkylation sites (tertiary alicyclic amines) is 1. The topological polar surface area (TPSA) is 84.1 Å². The minimum absolute atomic E-state index is 0.106. The Morgan fingerprint density at radius 1 is 1.16 bits per heavy atom. The standard InChI is InChI=1S/C21H18F5N5O/c22-12-7-13(19(27)32)18-14(8-12)20(29-10-28-18)30-17(9-31-4-1-5-31)11-2-3-16(23)15(6-11)21(24,25)26/h2-3,6-8,10,17H,1,4-5,9H2,(H2,27,32)(H,28,29,30). The van der Waals surface area contributed by atoms with Gasteiger partial charge in [0.15, 0.2) is 0 Å². The summed E-state index contributed by atoms with van der Waals surface area (Å²) in [6, 6.07) is 4.12. The number of carbonyl (C=O) groups excluding carboxylic acids is 1. The van der Waals surface area contributed by atoms with Crippen molar-refractivity contribution < 1.29 is 26.7 Å². The molecule has 0 bridgehead atoms. The number of carbonyl (C=O) groups is 1. The van der Waals surface area contributed by atoms with Crippen molar-refractivity contribution in [2.75, 3.05) is 25.0 Å². The van der Waals surface area contributed by atoms with Gasteiger partial charge in [-0.05, 0) is 49.3 Å². The number of amides is 1. The first kappa shape index (κ1) is 21.9. The van der Waals surface area contributed by atoms with E-state index < -0.39 is 35.3 Å². The van der Waals surface area contributed by atoms with Crippen molar-refractivity contribution in [2.45, 2.75) is 18.6 Å². The summed E-state index contributed by atoms with van der Waals surface area (Å²) < 4.78 is 67.7. The second-order valence-corrected chi connectivity index (χ2v) is 7.52. The molecule has 1 saturated heterocycles. The molecule has 1 unspecified atom stereocenters. The van der Waals surface area contributed by atoms with Crippen molar-refractivity contribution in [1.29, 1.82) is 0 Å². The van der Waals surface area contributed by atoms with Gasteiger partial charge in [0.1, 0.15) is 23.8 Å². The molecular formula is C21H18F5N5O. The average molecular weight is 451 g/mol. The summed E-state index contributed by atoms with van der Waals surface area (Å²) in [4.78, 5) is 21.8. The first-order valence-corrected chi connectivity index (χ1v) is 9.73. The summed E-state index contributed by atoms with van der Waals surface area (Å²) in [6.45, 7) is 1.83. The molecule has 1 aliphatic heterocycles. The van der Waals surface area contributed by atoms with Gasteiger partial charge in [0.25, 0.3) is 5.91 Å². The molecule has 1 aromatic heterocycles. The Hall–Kier alpha value is -3.34. The second-order valence-electron chi connectivity index (χ2n) is 7.52. The molecule has 1 aliphatic rings. The first-order valence-electron chi connectivity index (χ1n) is 9.73. The molecule has 6 nitrogen and oxygen atoms in total. The fourth-order valence-electron chi connectivity index (χ4n) is 3.63. The van der Waals surface area contributed by atoms with E-state index in [1.54, 1.807) is 0 Å². The molecule has 2 heterocycles. The van der Waals surface area contributed by atoms with Crippen molar-refractivity contribution in [3.8, 4) is 0 Å². The van der Waals surface area contributed by atoms with Crippen molar-refractivity contribution in [3.63, 3.8) is 0 Å². The highest BCUT2D eigenvalue weighted by atomic mass is 19.4. The molecule has 0 aliphatic carbocycles. The second kappa shape index (κ2) is 8.30. The normalized spacial score (nSPS) is 15.4. The van der Waals surface area contributed by atoms with Crippen LogP contribution in [0.5, 0.6) is 0 Å². The van der Waals surface area contributed by atoms with Gasteiger partial charge in [-0.25, -0.2) is 18.7 Å². The summed E-state index contributed by atoms with van der Waals surface area (Å²) in [6.07, 6.45) is -2.77. The Bertz CT molecular complexity index is 1180. The maximum atomic E-state index is 14.1. The van der Waals surface area contributed by atoms with E-state index >= 15 is 0 Å². The number of hydrogen-bond donors (Lipinski definition) is 2. The van der Waals surface area contributed by atoms with Gasteiger partial charge in [-0.3, -0.25) is 4.79 Å². The van der Waals surface area contributed by atoms with Gasteiger partial charge in [0.2, 0.25) is 0 Å². The van der Waals surface area contributed by atoms with Crippen LogP contribution in [-0.2, 0) is 6.18 Å². The molecule has 0 saturated carbocycles. The number of nitrogens with zero attached hydrogens (tertiary/aromatic N) is 3. The lowest BCUT2D eigenvalue weighted by Gasteiger charge is -2.35. The van der Waals surface area contributed by atoms with Crippen LogP contribution < -0.4 is 11.1 Å². The number of fused-ring (bicyclic) bond motifs is 1. The van der Waals surface area contributed by atoms with E-state index in [0.717, 1.165) is 50.1 Å². The van der Waals surface area contributed by atoms with Crippen LogP contribution in [0.25, 0.3) is 10.9 Å². The lowest BCUT2D eigenvalue weighted by atomic mass is 10.0. The number of anilines is 1. The first-order chi connectivity index (χ1) is 15.1. The van der Waals surface area contributed by atoms with Crippen molar-refractivity contribution in [2.24, 2.45) is 5.73 Å². The fraction of sp³-hybridized carbons (Fsp3) is 0.286. The smallest absolute Gasteiger partial charge is 0.366 e. The van der Waals surface area contributed by atoms with Crippen LogP contribution in [0.1, 0.15) is 33.9 Å². The fourth-order valence-corrected chi connectivity index (χ4v) is 3.63. The minimum Gasteiger partial charge on any atom is -0.366 e. The van der Waals surface area contributed by atoms with E-state index in [9.17, 15) is 26.7 Å². The van der Waals surface area contributed by atoms with Gasteiger partial charge in [0, 0.05) is 11.9 Å². The Labute approximate surface area is 179 Å². The van der Waals surface area contributed by atoms with E-state index in [0.29, 0.717) is 6.54 Å². The van der Waals surface area contributed by atoms with E-state index in [1.165, 1.54) is 6.07 Å². The number of nitrogens with two attached hydrogens (primary N) is 1. The highest BCUT2D eigenvalue weighted by molar-refractivity contribution is 6.07. The Balaban J connectivity index is 1.78. The summed E-state index contributed by atoms with van der Waals surface area (Å²) in [5.74, 6) is -2.89. The summed E-state index contributed by atoms with van der Waals surface area (Å²) in [5, 5.41) is 3.17. The quantitative estimate of drug-likeness (QED) is 0.556. The van der Waals surface area contributed by atoms with Gasteiger partial charge in [-0.2, -0.15) is 13.2 Å². The van der Waals surface area contributed by atoms with Crippen LogP contribution in [-0.4, -0.2) is 40.4 Å². The molecule has 0 radical (unpaired) electrons. The third-order valence-electron chi connectivity index (χ3n) is 5.37. The van der Waals surface area contributed by atoms with E-state index in [4.69, 9.17) is 5.73 Å². The number of hydrogen-bond acceptors (Lipinski definition) is 5. The Morgan fingerprint density at radius 3 is 2.53 bits per heavy atom. The lowest BCUT2D eigenvalue weighted by molar-refractivity contribution is -0.140. The number of halogens is 5. The molecule has 1 amide bonds. The zero-order valence-corrected chi connectivity index (χ0v) is 16.6. The molecule has 4 rings (SSSR count). The highest BCUT2D eigenvalue weighted by Crippen LogP contribution is 2.35. The molecule has 1 atom stereocenters. The molecule has 168 valence electrons. The third kappa shape index (κ3) is 4.33. The summed E-state index contributed by atoms with van der Waals surface area (Å²) in [5.41, 5.74) is 4.09. The molecule has 32 heavy (non-hydrogen) atoms. The number of rotatable bonds is 6. The number of nitrogens with one attached hydrogen (secondary N) is 1. The number of benzene rings is 2. The Kier molecular flexibility index (Phi) is 5.68. The lowest BCUT2D eigenvalue weighted by Crippen LogP contribution is -2.41. The van der Waals surface area contributed by atoms with Crippen LogP contribution in [0.3, 0.4) is 0 Å². The van der Waals surface area contributed by atoms with Crippen LogP contribution in [0.2, 0.25) is 0 Å². The van der Waals surface area contributed by atoms with Gasteiger partial charge < -0.3 is 16.0 Å². The van der Waals surface area contributed by atoms with Crippen LogP contribution in [0.15, 0.2) is 36.7 Å². The van der Waals surface area contributed by atoms with Crippen LogP contribution in [0, 0.1) is 11.6 Å². The van der Waals surface area contributed by atoms with Gasteiger partial charge >= 0.3 is 6.18 Å². The van der Waals surface area contributed by atoms with Crippen LogP contribution >= 0.6 is 0 Å². The molecule has 11 heteroatoms. The highest BCUT2D eigenvalue weighted by Gasteiger charge is 2.35. The number of primary amides is 1. The molecular weight excluding hydrogens is 433 g/mol. The average Bonchev–Trinajstić information content (AvgIpc) is 2.69. The maximum absolute atomic E-state index is 14.1. The zero-order valence-electron chi connectivity index (χ0n) is 16.6. The zero-order chi connectivity index (χ0) is 23.0. The monoisotopic (exact) mass is 451 g/mol. The summed E-state index contributed by atoms with van der Waals surface area (Å²) in [7, 11) is 0. The number of aromatic nitrogens is 2. The largest absolute Gasteiger partial charge is 0.419 e. The maximum Gasteiger partial charge on any atom is 0.419 e. The number of alkyl halides is 3. The predicted octanol–water partition coefficient (Wildman–Crippen LogP) is 3.88. The van der Waals surface area contributed by atoms with Gasteiger partial charge in [-0.15, -0.1) is 0 Å². The van der Waals surface area contributed by atoms with Crippen molar-refractivity contribution in [1.82, 2.24) is 14.9 Å². The van der Waals surface area contributed by atoms with Crippen molar-refractivity contribution >= 4 is 22.6 Å². The van der Waals surface area contributed by atoms with Gasteiger partial charge in [0.05, 0.1) is 22.7 Å². The predicted molar refractivity (Wildman–Crippen MR) is 107 cm³/mol. The van der Waals surface area contributed by atoms with E-state index in [-0.39, 0.29) is 27.8 Å². The minimum atomic E-state index is -4.86. The molecule has 2 aromatic carbocycles. The SMILES string of the molecule is NC(=O)c1cc(F)cc2c(NC(CN3CCC3)c3ccc(F)c(C(F)(F)F)c3)ncnc12. The molecule has 1 fully saturated rings. The van der Waals surface area contributed by atoms with Crippen molar-refractivity contribution in [3.05, 3.63) is 65.0 Å². The van der Waals surface area contributed by atoms with E-state index in [2.05, 4.69) is 15.3 Å². The molecule has 0 spiro atoms. The van der Waals surface area contributed by atoms with Gasteiger partial charge in [-0.1, -0.05) is 6.07 Å². The molecule has 3 aromatic rings.